The van der Waals surface area contributed by atoms with Gasteiger partial charge < -0.3 is 5.32 Å². The molecule has 0 atom stereocenters. The Balaban J connectivity index is 2.96. The highest BCUT2D eigenvalue weighted by atomic mass is 35.7. The number of carbonyl (C=O) groups is 1. The summed E-state index contributed by atoms with van der Waals surface area (Å²) in [5, 5.41) is 8.90. The monoisotopic (exact) mass is 321 g/mol. The topological polar surface area (TPSA) is 91.9 Å². The molecule has 20 heavy (non-hydrogen) atoms. The zero-order valence-corrected chi connectivity index (χ0v) is 13.8. The Hall–Kier alpha value is -1.08. The highest BCUT2D eigenvalue weighted by Gasteiger charge is 2.29. The van der Waals surface area contributed by atoms with Crippen LogP contribution in [0, 0.1) is 18.3 Å². The zero-order chi connectivity index (χ0) is 15.7. The lowest BCUT2D eigenvalue weighted by Gasteiger charge is -2.29. The van der Waals surface area contributed by atoms with Crippen molar-refractivity contribution in [1.29, 1.82) is 0 Å². The van der Waals surface area contributed by atoms with Crippen LogP contribution in [-0.4, -0.2) is 31.1 Å². The number of nitrogens with one attached hydrogen (secondary N) is 2. The van der Waals surface area contributed by atoms with Gasteiger partial charge in [0.05, 0.1) is 5.69 Å². The molecule has 0 aliphatic carbocycles. The van der Waals surface area contributed by atoms with Crippen LogP contribution in [0.2, 0.25) is 0 Å². The van der Waals surface area contributed by atoms with E-state index in [0.717, 1.165) is 0 Å². The van der Waals surface area contributed by atoms with Gasteiger partial charge in [0.15, 0.2) is 5.69 Å². The van der Waals surface area contributed by atoms with Crippen LogP contribution in [0.5, 0.6) is 0 Å². The minimum absolute atomic E-state index is 0.110. The predicted molar refractivity (Wildman–Crippen MR) is 77.3 cm³/mol. The van der Waals surface area contributed by atoms with Crippen LogP contribution >= 0.6 is 10.7 Å². The van der Waals surface area contributed by atoms with E-state index in [1.165, 1.54) is 6.92 Å². The van der Waals surface area contributed by atoms with Crippen LogP contribution in [0.3, 0.4) is 0 Å². The summed E-state index contributed by atoms with van der Waals surface area (Å²) in [6.45, 7) is 10.1. The van der Waals surface area contributed by atoms with E-state index in [0.29, 0.717) is 12.5 Å². The fraction of sp³-hybridized carbons (Fsp3) is 0.667. The van der Waals surface area contributed by atoms with Crippen LogP contribution < -0.4 is 5.32 Å². The van der Waals surface area contributed by atoms with Gasteiger partial charge in [-0.2, -0.15) is 5.10 Å². The van der Waals surface area contributed by atoms with E-state index in [9.17, 15) is 13.2 Å². The SMILES string of the molecule is Cc1[nH]nc(C(=O)NCC(C)(C)C(C)C)c1S(=O)(=O)Cl. The molecule has 0 aromatic carbocycles. The van der Waals surface area contributed by atoms with Gasteiger partial charge in [0.25, 0.3) is 15.0 Å². The molecule has 1 rings (SSSR count). The third-order valence-corrected chi connectivity index (χ3v) is 5.07. The molecule has 0 saturated heterocycles. The molecule has 0 spiro atoms. The van der Waals surface area contributed by atoms with Gasteiger partial charge in [0, 0.05) is 17.2 Å². The summed E-state index contributed by atoms with van der Waals surface area (Å²) in [5.74, 6) is -0.192. The number of aryl methyl sites for hydroxylation is 1. The molecule has 0 aliphatic heterocycles. The Kier molecular flexibility index (Phi) is 4.86. The zero-order valence-electron chi connectivity index (χ0n) is 12.2. The van der Waals surface area contributed by atoms with Gasteiger partial charge in [0.2, 0.25) is 0 Å². The molecule has 0 saturated carbocycles. The van der Waals surface area contributed by atoms with Crippen molar-refractivity contribution in [3.63, 3.8) is 0 Å². The summed E-state index contributed by atoms with van der Waals surface area (Å²) in [6.07, 6.45) is 0. The molecule has 1 aromatic rings. The van der Waals surface area contributed by atoms with Crippen molar-refractivity contribution in [1.82, 2.24) is 15.5 Å². The van der Waals surface area contributed by atoms with Crippen molar-refractivity contribution in [3.8, 4) is 0 Å². The normalized spacial score (nSPS) is 12.8. The second-order valence-electron chi connectivity index (χ2n) is 5.79. The standard InChI is InChI=1S/C12H20ClN3O3S/c1-7(2)12(4,5)6-14-11(17)9-10(20(13,18)19)8(3)15-16-9/h7H,6H2,1-5H3,(H,14,17)(H,15,16). The Morgan fingerprint density at radius 2 is 2.00 bits per heavy atom. The third-order valence-electron chi connectivity index (χ3n) is 3.62. The maximum Gasteiger partial charge on any atom is 0.273 e. The number of amides is 1. The van der Waals surface area contributed by atoms with E-state index < -0.39 is 15.0 Å². The summed E-state index contributed by atoms with van der Waals surface area (Å²) in [6, 6.07) is 0. The number of carbonyl (C=O) groups excluding carboxylic acids is 1. The molecular weight excluding hydrogens is 302 g/mol. The Morgan fingerprint density at radius 1 is 1.45 bits per heavy atom. The number of hydrogen-bond acceptors (Lipinski definition) is 4. The lowest BCUT2D eigenvalue weighted by molar-refractivity contribution is 0.0916. The Morgan fingerprint density at radius 3 is 2.45 bits per heavy atom. The molecule has 0 bridgehead atoms. The largest absolute Gasteiger partial charge is 0.350 e. The van der Waals surface area contributed by atoms with Crippen molar-refractivity contribution in [2.24, 2.45) is 11.3 Å². The maximum atomic E-state index is 12.1. The summed E-state index contributed by atoms with van der Waals surface area (Å²) >= 11 is 0. The number of hydrogen-bond donors (Lipinski definition) is 2. The van der Waals surface area contributed by atoms with Gasteiger partial charge in [-0.25, -0.2) is 8.42 Å². The second kappa shape index (κ2) is 5.73. The number of H-pyrrole nitrogens is 1. The molecule has 2 N–H and O–H groups in total. The second-order valence-corrected chi connectivity index (χ2v) is 8.29. The highest BCUT2D eigenvalue weighted by Crippen LogP contribution is 2.25. The van der Waals surface area contributed by atoms with Gasteiger partial charge in [-0.05, 0) is 18.3 Å². The molecule has 6 nitrogen and oxygen atoms in total. The number of nitrogens with zero attached hydrogens (tertiary/aromatic N) is 1. The lowest BCUT2D eigenvalue weighted by atomic mass is 9.81. The fourth-order valence-corrected chi connectivity index (χ4v) is 2.81. The minimum Gasteiger partial charge on any atom is -0.350 e. The summed E-state index contributed by atoms with van der Waals surface area (Å²) in [4.78, 5) is 11.8. The molecular formula is C12H20ClN3O3S. The summed E-state index contributed by atoms with van der Waals surface area (Å²) in [7, 11) is 1.31. The van der Waals surface area contributed by atoms with Crippen LogP contribution in [0.15, 0.2) is 4.90 Å². The van der Waals surface area contributed by atoms with Crippen LogP contribution in [0.1, 0.15) is 43.9 Å². The minimum atomic E-state index is -4.02. The molecule has 0 radical (unpaired) electrons. The van der Waals surface area contributed by atoms with Crippen LogP contribution in [0.4, 0.5) is 0 Å². The van der Waals surface area contributed by atoms with Gasteiger partial charge in [-0.15, -0.1) is 0 Å². The number of halogens is 1. The summed E-state index contributed by atoms with van der Waals surface area (Å²) < 4.78 is 22.9. The molecule has 0 fully saturated rings. The Bertz CT molecular complexity index is 605. The van der Waals surface area contributed by atoms with Crippen molar-refractivity contribution >= 4 is 25.6 Å². The maximum absolute atomic E-state index is 12.1. The average Bonchev–Trinajstić information content (AvgIpc) is 2.67. The first-order valence-corrected chi connectivity index (χ1v) is 8.55. The van der Waals surface area contributed by atoms with Crippen molar-refractivity contribution in [2.75, 3.05) is 6.54 Å². The lowest BCUT2D eigenvalue weighted by Crippen LogP contribution is -2.37. The van der Waals surface area contributed by atoms with Crippen molar-refractivity contribution in [3.05, 3.63) is 11.4 Å². The number of rotatable bonds is 5. The molecule has 114 valence electrons. The Labute approximate surface area is 123 Å². The van der Waals surface area contributed by atoms with Gasteiger partial charge in [-0.3, -0.25) is 9.89 Å². The van der Waals surface area contributed by atoms with Crippen LogP contribution in [0.25, 0.3) is 0 Å². The van der Waals surface area contributed by atoms with Gasteiger partial charge in [0.1, 0.15) is 4.90 Å². The first-order chi connectivity index (χ1) is 8.97. The molecule has 1 aromatic heterocycles. The van der Waals surface area contributed by atoms with Gasteiger partial charge in [-0.1, -0.05) is 27.7 Å². The quantitative estimate of drug-likeness (QED) is 0.812. The van der Waals surface area contributed by atoms with Crippen LogP contribution in [-0.2, 0) is 9.05 Å². The molecule has 1 heterocycles. The van der Waals surface area contributed by atoms with Crippen molar-refractivity contribution in [2.45, 2.75) is 39.5 Å². The molecule has 8 heteroatoms. The van der Waals surface area contributed by atoms with E-state index >= 15 is 0 Å². The van der Waals surface area contributed by atoms with Gasteiger partial charge >= 0.3 is 0 Å². The highest BCUT2D eigenvalue weighted by molar-refractivity contribution is 8.13. The van der Waals surface area contributed by atoms with Crippen molar-refractivity contribution < 1.29 is 13.2 Å². The number of aromatic nitrogens is 2. The van der Waals surface area contributed by atoms with E-state index in [2.05, 4.69) is 29.4 Å². The van der Waals surface area contributed by atoms with E-state index in [1.807, 2.05) is 13.8 Å². The fourth-order valence-electron chi connectivity index (χ4n) is 1.47. The number of aromatic amines is 1. The van der Waals surface area contributed by atoms with E-state index in [-0.39, 0.29) is 21.7 Å². The molecule has 1 amide bonds. The predicted octanol–water partition coefficient (Wildman–Crippen LogP) is 2.06. The first kappa shape index (κ1) is 17.0. The smallest absolute Gasteiger partial charge is 0.273 e. The average molecular weight is 322 g/mol. The summed E-state index contributed by atoms with van der Waals surface area (Å²) in [5.41, 5.74) is -0.0635. The first-order valence-electron chi connectivity index (χ1n) is 6.24. The van der Waals surface area contributed by atoms with E-state index in [4.69, 9.17) is 10.7 Å². The molecule has 0 aliphatic rings. The third kappa shape index (κ3) is 3.73. The molecule has 0 unspecified atom stereocenters. The van der Waals surface area contributed by atoms with E-state index in [1.54, 1.807) is 0 Å².